The van der Waals surface area contributed by atoms with Gasteiger partial charge in [0.25, 0.3) is 0 Å². The highest BCUT2D eigenvalue weighted by atomic mass is 35.5. The van der Waals surface area contributed by atoms with Crippen LogP contribution >= 0.6 is 11.6 Å². The number of hydrogen-bond acceptors (Lipinski definition) is 7. The van der Waals surface area contributed by atoms with Crippen LogP contribution in [0.25, 0.3) is 22.0 Å². The molecule has 1 aliphatic heterocycles. The van der Waals surface area contributed by atoms with Gasteiger partial charge in [0.1, 0.15) is 5.82 Å². The summed E-state index contributed by atoms with van der Waals surface area (Å²) in [5.74, 6) is -0.214. The average molecular weight is 520 g/mol. The Morgan fingerprint density at radius 2 is 1.84 bits per heavy atom. The summed E-state index contributed by atoms with van der Waals surface area (Å²) in [6, 6.07) is 12.4. The molecule has 1 saturated carbocycles. The van der Waals surface area contributed by atoms with Gasteiger partial charge in [0.2, 0.25) is 0 Å². The number of pyridine rings is 2. The second-order valence-electron chi connectivity index (χ2n) is 9.66. The number of aromatic nitrogens is 2. The van der Waals surface area contributed by atoms with Crippen molar-refractivity contribution in [2.24, 2.45) is 5.92 Å². The van der Waals surface area contributed by atoms with Crippen molar-refractivity contribution in [3.8, 4) is 16.9 Å². The molecule has 1 atom stereocenters. The van der Waals surface area contributed by atoms with Crippen molar-refractivity contribution in [1.82, 2.24) is 15.3 Å². The minimum Gasteiger partial charge on any atom is -0.504 e. The van der Waals surface area contributed by atoms with Crippen molar-refractivity contribution in [2.75, 3.05) is 36.4 Å². The lowest BCUT2D eigenvalue weighted by molar-refractivity contribution is 0.154. The van der Waals surface area contributed by atoms with Crippen LogP contribution in [0.15, 0.2) is 54.9 Å². The van der Waals surface area contributed by atoms with E-state index in [9.17, 15) is 14.6 Å². The van der Waals surface area contributed by atoms with Crippen LogP contribution in [0.4, 0.5) is 21.6 Å². The van der Waals surface area contributed by atoms with E-state index in [-0.39, 0.29) is 10.9 Å². The molecule has 6 rings (SSSR count). The Morgan fingerprint density at radius 3 is 2.54 bits per heavy atom. The smallest absolute Gasteiger partial charge is 0.170 e. The number of nitrogens with zero attached hydrogens (tertiary/aromatic N) is 3. The largest absolute Gasteiger partial charge is 0.504 e. The van der Waals surface area contributed by atoms with E-state index in [0.717, 1.165) is 67.1 Å². The summed E-state index contributed by atoms with van der Waals surface area (Å²) < 4.78 is 14.2. The number of aliphatic hydroxyl groups is 1. The molecule has 4 aromatic rings. The second kappa shape index (κ2) is 9.78. The number of rotatable bonds is 6. The third kappa shape index (κ3) is 4.80. The van der Waals surface area contributed by atoms with Crippen LogP contribution < -0.4 is 15.5 Å². The van der Waals surface area contributed by atoms with Crippen molar-refractivity contribution in [2.45, 2.75) is 18.9 Å². The molecule has 2 aromatic carbocycles. The van der Waals surface area contributed by atoms with E-state index in [4.69, 9.17) is 11.6 Å². The van der Waals surface area contributed by atoms with Crippen LogP contribution in [0.3, 0.4) is 0 Å². The lowest BCUT2D eigenvalue weighted by Crippen LogP contribution is -2.43. The third-order valence-corrected chi connectivity index (χ3v) is 7.38. The maximum Gasteiger partial charge on any atom is 0.170 e. The minimum atomic E-state index is -0.785. The van der Waals surface area contributed by atoms with Gasteiger partial charge in [-0.1, -0.05) is 17.7 Å². The van der Waals surface area contributed by atoms with E-state index < -0.39 is 17.7 Å². The summed E-state index contributed by atoms with van der Waals surface area (Å²) in [6.07, 6.45) is 4.84. The standard InChI is InChI=1S/C28H27ClFN5O2/c29-22-12-18(13-23(30)28(22)37)17-3-5-24-20(11-17)26(21(15-32-24)27(36)16-1-2-16)34-19-4-6-25(33-14-19)35-9-7-31-8-10-35/h3-6,11-16,27,31,36-37H,1-2,7-10H2,(H,32,34). The Hall–Kier alpha value is -3.46. The van der Waals surface area contributed by atoms with E-state index in [2.05, 4.69) is 25.5 Å². The predicted octanol–water partition coefficient (Wildman–Crippen LogP) is 5.39. The molecule has 1 saturated heterocycles. The Bertz CT molecular complexity index is 1430. The molecular formula is C28H27ClFN5O2. The van der Waals surface area contributed by atoms with Crippen LogP contribution in [0.5, 0.6) is 5.75 Å². The van der Waals surface area contributed by atoms with Crippen molar-refractivity contribution in [1.29, 1.82) is 0 Å². The number of aromatic hydroxyl groups is 1. The number of aliphatic hydroxyl groups excluding tert-OH is 1. The molecule has 0 amide bonds. The highest BCUT2D eigenvalue weighted by Crippen LogP contribution is 2.45. The zero-order chi connectivity index (χ0) is 25.5. The number of anilines is 3. The molecule has 1 aliphatic carbocycles. The van der Waals surface area contributed by atoms with Crippen LogP contribution in [0.1, 0.15) is 24.5 Å². The molecule has 3 heterocycles. The lowest BCUT2D eigenvalue weighted by atomic mass is 9.98. The molecule has 190 valence electrons. The first kappa shape index (κ1) is 23.9. The number of phenols is 1. The molecule has 4 N–H and O–H groups in total. The molecule has 1 unspecified atom stereocenters. The summed E-state index contributed by atoms with van der Waals surface area (Å²) in [7, 11) is 0. The highest BCUT2D eigenvalue weighted by molar-refractivity contribution is 6.32. The van der Waals surface area contributed by atoms with Gasteiger partial charge in [-0.15, -0.1) is 0 Å². The fourth-order valence-corrected chi connectivity index (χ4v) is 5.04. The molecule has 37 heavy (non-hydrogen) atoms. The SMILES string of the molecule is Oc1c(F)cc(-c2ccc3ncc(C(O)C4CC4)c(Nc4ccc(N5CCNCC5)nc4)c3c2)cc1Cl. The van der Waals surface area contributed by atoms with Crippen molar-refractivity contribution >= 4 is 39.7 Å². The summed E-state index contributed by atoms with van der Waals surface area (Å²) in [6.45, 7) is 3.70. The highest BCUT2D eigenvalue weighted by Gasteiger charge is 2.33. The third-order valence-electron chi connectivity index (χ3n) is 7.09. The lowest BCUT2D eigenvalue weighted by Gasteiger charge is -2.28. The molecule has 2 fully saturated rings. The van der Waals surface area contributed by atoms with Crippen LogP contribution in [0.2, 0.25) is 5.02 Å². The second-order valence-corrected chi connectivity index (χ2v) is 10.1. The summed E-state index contributed by atoms with van der Waals surface area (Å²) in [5.41, 5.74) is 4.22. The number of fused-ring (bicyclic) bond motifs is 1. The zero-order valence-electron chi connectivity index (χ0n) is 20.1. The number of nitrogens with one attached hydrogen (secondary N) is 2. The average Bonchev–Trinajstić information content (AvgIpc) is 3.78. The Kier molecular flexibility index (Phi) is 6.32. The normalized spacial score (nSPS) is 16.7. The molecule has 0 bridgehead atoms. The van der Waals surface area contributed by atoms with Gasteiger partial charge in [-0.05, 0) is 66.3 Å². The van der Waals surface area contributed by atoms with E-state index >= 15 is 0 Å². The Balaban J connectivity index is 1.41. The van der Waals surface area contributed by atoms with Gasteiger partial charge in [0.15, 0.2) is 11.6 Å². The first-order valence-electron chi connectivity index (χ1n) is 12.5. The minimum absolute atomic E-state index is 0.0554. The van der Waals surface area contributed by atoms with Gasteiger partial charge in [0.05, 0.1) is 34.2 Å². The van der Waals surface area contributed by atoms with Gasteiger partial charge in [-0.3, -0.25) is 4.98 Å². The molecule has 0 spiro atoms. The number of piperazine rings is 1. The van der Waals surface area contributed by atoms with Crippen molar-refractivity contribution < 1.29 is 14.6 Å². The first-order valence-corrected chi connectivity index (χ1v) is 12.8. The number of benzene rings is 2. The quantitative estimate of drug-likeness (QED) is 0.271. The number of phenolic OH excluding ortho intramolecular Hbond substituents is 1. The zero-order valence-corrected chi connectivity index (χ0v) is 20.8. The molecular weight excluding hydrogens is 493 g/mol. The van der Waals surface area contributed by atoms with Gasteiger partial charge in [0, 0.05) is 43.3 Å². The molecule has 2 aliphatic rings. The predicted molar refractivity (Wildman–Crippen MR) is 144 cm³/mol. The van der Waals surface area contributed by atoms with Gasteiger partial charge in [-0.2, -0.15) is 0 Å². The summed E-state index contributed by atoms with van der Waals surface area (Å²) in [5, 5.41) is 28.4. The van der Waals surface area contributed by atoms with Crippen LogP contribution in [-0.2, 0) is 0 Å². The maximum atomic E-state index is 14.2. The van der Waals surface area contributed by atoms with Crippen LogP contribution in [0, 0.1) is 11.7 Å². The molecule has 0 radical (unpaired) electrons. The Morgan fingerprint density at radius 1 is 1.03 bits per heavy atom. The Labute approximate surface area is 218 Å². The van der Waals surface area contributed by atoms with Crippen molar-refractivity contribution in [3.63, 3.8) is 0 Å². The summed E-state index contributed by atoms with van der Waals surface area (Å²) in [4.78, 5) is 11.5. The topological polar surface area (TPSA) is 93.5 Å². The van der Waals surface area contributed by atoms with E-state index in [0.29, 0.717) is 16.7 Å². The monoisotopic (exact) mass is 519 g/mol. The maximum absolute atomic E-state index is 14.2. The van der Waals surface area contributed by atoms with E-state index in [1.807, 2.05) is 30.3 Å². The number of halogens is 2. The fourth-order valence-electron chi connectivity index (χ4n) is 4.83. The van der Waals surface area contributed by atoms with Gasteiger partial charge >= 0.3 is 0 Å². The molecule has 9 heteroatoms. The van der Waals surface area contributed by atoms with E-state index in [1.54, 1.807) is 12.4 Å². The van der Waals surface area contributed by atoms with E-state index in [1.165, 1.54) is 12.1 Å². The van der Waals surface area contributed by atoms with Gasteiger partial charge in [-0.25, -0.2) is 9.37 Å². The fraction of sp³-hybridized carbons (Fsp3) is 0.286. The molecule has 7 nitrogen and oxygen atoms in total. The van der Waals surface area contributed by atoms with Crippen molar-refractivity contribution in [3.05, 3.63) is 71.3 Å². The summed E-state index contributed by atoms with van der Waals surface area (Å²) >= 11 is 6.04. The number of hydrogen-bond donors (Lipinski definition) is 4. The first-order chi connectivity index (χ1) is 18.0. The van der Waals surface area contributed by atoms with Gasteiger partial charge < -0.3 is 25.7 Å². The molecule has 2 aromatic heterocycles. The van der Waals surface area contributed by atoms with Crippen LogP contribution in [-0.4, -0.2) is 46.4 Å².